The largest absolute Gasteiger partial charge is 0.453 e. The molecular formula is C50H40N2O. The van der Waals surface area contributed by atoms with Gasteiger partial charge in [-0.15, -0.1) is 0 Å². The molecule has 3 heteroatoms. The summed E-state index contributed by atoms with van der Waals surface area (Å²) in [6.07, 6.45) is 4.47. The molecule has 0 amide bonds. The number of fused-ring (bicyclic) bond motifs is 7. The van der Waals surface area contributed by atoms with Gasteiger partial charge in [0.1, 0.15) is 0 Å². The van der Waals surface area contributed by atoms with Crippen molar-refractivity contribution in [1.82, 2.24) is 0 Å². The molecule has 0 N–H and O–H groups in total. The fraction of sp³-hybridized carbons (Fsp3) is 0.120. The SMILES string of the molecule is CC1(C)c2cc(/C=C/c3ccc(N4c5ccccc5C(C)(C)c5ccccc54)cc3)ccc2-c2ccc(N3c4ccccc4Oc4ccccc43)cc21. The molecule has 53 heavy (non-hydrogen) atoms. The van der Waals surface area contributed by atoms with Gasteiger partial charge in [-0.25, -0.2) is 0 Å². The van der Waals surface area contributed by atoms with Gasteiger partial charge in [-0.1, -0.05) is 137 Å². The van der Waals surface area contributed by atoms with Crippen LogP contribution in [0.25, 0.3) is 23.3 Å². The molecule has 0 radical (unpaired) electrons. The molecule has 0 atom stereocenters. The minimum Gasteiger partial charge on any atom is -0.453 e. The zero-order valence-corrected chi connectivity index (χ0v) is 30.5. The van der Waals surface area contributed by atoms with Crippen LogP contribution in [0.3, 0.4) is 0 Å². The molecule has 7 aromatic rings. The zero-order valence-electron chi connectivity index (χ0n) is 30.5. The summed E-state index contributed by atoms with van der Waals surface area (Å²) in [7, 11) is 0. The van der Waals surface area contributed by atoms with Crippen molar-refractivity contribution in [1.29, 1.82) is 0 Å². The predicted molar refractivity (Wildman–Crippen MR) is 221 cm³/mol. The van der Waals surface area contributed by atoms with Gasteiger partial charge in [0, 0.05) is 22.2 Å². The molecule has 256 valence electrons. The van der Waals surface area contributed by atoms with Crippen LogP contribution >= 0.6 is 0 Å². The van der Waals surface area contributed by atoms with Crippen LogP contribution in [0.2, 0.25) is 0 Å². The number of rotatable bonds is 4. The van der Waals surface area contributed by atoms with Gasteiger partial charge in [0.2, 0.25) is 0 Å². The molecule has 2 heterocycles. The smallest absolute Gasteiger partial charge is 0.151 e. The number of nitrogens with zero attached hydrogens (tertiary/aromatic N) is 2. The van der Waals surface area contributed by atoms with E-state index in [0.717, 1.165) is 34.2 Å². The van der Waals surface area contributed by atoms with Gasteiger partial charge in [0.05, 0.1) is 22.7 Å². The molecule has 7 aromatic carbocycles. The van der Waals surface area contributed by atoms with Crippen LogP contribution in [0.15, 0.2) is 158 Å². The summed E-state index contributed by atoms with van der Waals surface area (Å²) in [5.41, 5.74) is 17.0. The normalized spacial score (nSPS) is 15.5. The molecule has 3 aliphatic rings. The van der Waals surface area contributed by atoms with Gasteiger partial charge in [0.25, 0.3) is 0 Å². The molecule has 0 bridgehead atoms. The van der Waals surface area contributed by atoms with Crippen molar-refractivity contribution in [2.45, 2.75) is 38.5 Å². The van der Waals surface area contributed by atoms with Crippen molar-refractivity contribution < 1.29 is 4.74 Å². The van der Waals surface area contributed by atoms with E-state index in [1.165, 1.54) is 55.9 Å². The van der Waals surface area contributed by atoms with E-state index in [1.54, 1.807) is 0 Å². The maximum Gasteiger partial charge on any atom is 0.151 e. The van der Waals surface area contributed by atoms with Gasteiger partial charge < -0.3 is 14.5 Å². The topological polar surface area (TPSA) is 15.7 Å². The second-order valence-corrected chi connectivity index (χ2v) is 15.5. The standard InChI is InChI=1S/C50H40N2O/c1-49(2)39-13-5-7-15-43(39)51(44-16-8-6-14-40(44)49)35-26-23-33(24-27-35)21-22-34-25-29-37-38-30-28-36(32-42(38)50(3,4)41(37)31-34)52-45-17-9-11-19-47(45)53-48-20-12-10-18-46(48)52/h5-32H,1-4H3/b22-21+. The van der Waals surface area contributed by atoms with Crippen molar-refractivity contribution in [3.05, 3.63) is 191 Å². The Hall–Kier alpha value is -6.32. The van der Waals surface area contributed by atoms with Crippen LogP contribution in [0.5, 0.6) is 11.5 Å². The minimum atomic E-state index is -0.160. The first-order valence-electron chi connectivity index (χ1n) is 18.5. The van der Waals surface area contributed by atoms with Crippen molar-refractivity contribution in [2.75, 3.05) is 9.80 Å². The number of para-hydroxylation sites is 6. The zero-order chi connectivity index (χ0) is 35.9. The molecule has 0 unspecified atom stereocenters. The third-order valence-electron chi connectivity index (χ3n) is 11.6. The molecule has 0 spiro atoms. The van der Waals surface area contributed by atoms with Gasteiger partial charge in [-0.3, -0.25) is 0 Å². The van der Waals surface area contributed by atoms with E-state index in [4.69, 9.17) is 4.74 Å². The van der Waals surface area contributed by atoms with Crippen LogP contribution in [0.4, 0.5) is 34.1 Å². The van der Waals surface area contributed by atoms with Crippen LogP contribution in [0, 0.1) is 0 Å². The maximum absolute atomic E-state index is 6.30. The Bertz CT molecular complexity index is 2520. The van der Waals surface area contributed by atoms with Crippen molar-refractivity contribution in [3.8, 4) is 22.6 Å². The Morgan fingerprint density at radius 3 is 1.45 bits per heavy atom. The molecule has 0 aromatic heterocycles. The first-order chi connectivity index (χ1) is 25.8. The highest BCUT2D eigenvalue weighted by Crippen LogP contribution is 2.55. The summed E-state index contributed by atoms with van der Waals surface area (Å²) in [5, 5.41) is 0. The van der Waals surface area contributed by atoms with Gasteiger partial charge in [0.15, 0.2) is 11.5 Å². The highest BCUT2D eigenvalue weighted by atomic mass is 16.5. The molecule has 0 fully saturated rings. The van der Waals surface area contributed by atoms with Gasteiger partial charge >= 0.3 is 0 Å². The van der Waals surface area contributed by atoms with Gasteiger partial charge in [-0.05, 0) is 105 Å². The number of benzene rings is 7. The Labute approximate surface area is 312 Å². The van der Waals surface area contributed by atoms with E-state index in [1.807, 2.05) is 24.3 Å². The first-order valence-corrected chi connectivity index (χ1v) is 18.5. The van der Waals surface area contributed by atoms with E-state index >= 15 is 0 Å². The van der Waals surface area contributed by atoms with Crippen LogP contribution in [-0.4, -0.2) is 0 Å². The van der Waals surface area contributed by atoms with Crippen molar-refractivity contribution >= 4 is 46.3 Å². The third kappa shape index (κ3) is 4.80. The molecule has 3 nitrogen and oxygen atoms in total. The fourth-order valence-corrected chi connectivity index (χ4v) is 8.84. The van der Waals surface area contributed by atoms with Crippen LogP contribution in [0.1, 0.15) is 61.1 Å². The third-order valence-corrected chi connectivity index (χ3v) is 11.6. The minimum absolute atomic E-state index is 0.0678. The lowest BCUT2D eigenvalue weighted by Gasteiger charge is -2.42. The first kappa shape index (κ1) is 31.4. The molecule has 0 saturated heterocycles. The summed E-state index contributed by atoms with van der Waals surface area (Å²) < 4.78 is 6.30. The van der Waals surface area contributed by atoms with Crippen molar-refractivity contribution in [2.24, 2.45) is 0 Å². The van der Waals surface area contributed by atoms with Crippen LogP contribution in [-0.2, 0) is 10.8 Å². The second-order valence-electron chi connectivity index (χ2n) is 15.5. The van der Waals surface area contributed by atoms with Crippen molar-refractivity contribution in [3.63, 3.8) is 0 Å². The Morgan fingerprint density at radius 1 is 0.396 bits per heavy atom. The molecular weight excluding hydrogens is 645 g/mol. The molecule has 1 aliphatic carbocycles. The Morgan fingerprint density at radius 2 is 0.830 bits per heavy atom. The quantitative estimate of drug-likeness (QED) is 0.172. The lowest BCUT2D eigenvalue weighted by molar-refractivity contribution is 0.477. The highest BCUT2D eigenvalue weighted by molar-refractivity contribution is 5.90. The number of hydrogen-bond donors (Lipinski definition) is 0. The molecule has 0 saturated carbocycles. The maximum atomic E-state index is 6.30. The van der Waals surface area contributed by atoms with E-state index in [0.29, 0.717) is 0 Å². The average Bonchev–Trinajstić information content (AvgIpc) is 3.41. The number of ether oxygens (including phenoxy) is 1. The predicted octanol–water partition coefficient (Wildman–Crippen LogP) is 13.8. The summed E-state index contributed by atoms with van der Waals surface area (Å²) in [6.45, 7) is 9.37. The summed E-state index contributed by atoms with van der Waals surface area (Å²) in [6, 6.07) is 57.0. The van der Waals surface area contributed by atoms with E-state index < -0.39 is 0 Å². The summed E-state index contributed by atoms with van der Waals surface area (Å²) in [4.78, 5) is 4.74. The fourth-order valence-electron chi connectivity index (χ4n) is 8.84. The lowest BCUT2D eigenvalue weighted by atomic mass is 9.73. The van der Waals surface area contributed by atoms with Gasteiger partial charge in [-0.2, -0.15) is 0 Å². The number of anilines is 6. The monoisotopic (exact) mass is 684 g/mol. The number of hydrogen-bond acceptors (Lipinski definition) is 3. The Balaban J connectivity index is 0.947. The summed E-state index contributed by atoms with van der Waals surface area (Å²) >= 11 is 0. The average molecular weight is 685 g/mol. The van der Waals surface area contributed by atoms with E-state index in [2.05, 4.69) is 183 Å². The van der Waals surface area contributed by atoms with Crippen LogP contribution < -0.4 is 14.5 Å². The lowest BCUT2D eigenvalue weighted by Crippen LogP contribution is -2.30. The molecule has 10 rings (SSSR count). The molecule has 2 aliphatic heterocycles. The van der Waals surface area contributed by atoms with E-state index in [-0.39, 0.29) is 10.8 Å². The highest BCUT2D eigenvalue weighted by Gasteiger charge is 2.38. The summed E-state index contributed by atoms with van der Waals surface area (Å²) in [5.74, 6) is 1.73. The van der Waals surface area contributed by atoms with E-state index in [9.17, 15) is 0 Å². The Kier molecular flexibility index (Phi) is 6.87. The second kappa shape index (κ2) is 11.6.